The molecule has 1 aliphatic rings. The fourth-order valence-electron chi connectivity index (χ4n) is 4.70. The van der Waals surface area contributed by atoms with E-state index in [1.807, 2.05) is 30.3 Å². The molecule has 1 saturated carbocycles. The van der Waals surface area contributed by atoms with E-state index in [0.717, 1.165) is 36.6 Å². The van der Waals surface area contributed by atoms with Gasteiger partial charge in [0.1, 0.15) is 11.7 Å². The van der Waals surface area contributed by atoms with E-state index >= 15 is 0 Å². The molecule has 0 saturated heterocycles. The van der Waals surface area contributed by atoms with Gasteiger partial charge < -0.3 is 5.32 Å². The minimum Gasteiger partial charge on any atom is -0.351 e. The van der Waals surface area contributed by atoms with Gasteiger partial charge in [0.25, 0.3) is 5.91 Å². The number of pyridine rings is 1. The molecule has 8 heteroatoms. The Morgan fingerprint density at radius 3 is 2.47 bits per heavy atom. The van der Waals surface area contributed by atoms with Crippen molar-refractivity contribution in [2.24, 2.45) is 0 Å². The number of aromatic nitrogens is 3. The summed E-state index contributed by atoms with van der Waals surface area (Å²) in [6, 6.07) is 15.6. The average molecular weight is 500 g/mol. The van der Waals surface area contributed by atoms with E-state index in [1.165, 1.54) is 29.9 Å². The molecule has 7 nitrogen and oxygen atoms in total. The lowest BCUT2D eigenvalue weighted by molar-refractivity contribution is -0.123. The van der Waals surface area contributed by atoms with Crippen LogP contribution in [0.4, 0.5) is 5.69 Å². The summed E-state index contributed by atoms with van der Waals surface area (Å²) in [5.41, 5.74) is 2.05. The summed E-state index contributed by atoms with van der Waals surface area (Å²) >= 11 is 6.16. The molecule has 182 valence electrons. The van der Waals surface area contributed by atoms with Gasteiger partial charge in [-0.1, -0.05) is 61.2 Å². The van der Waals surface area contributed by atoms with Crippen LogP contribution in [0.2, 0.25) is 5.02 Å². The molecule has 0 spiro atoms. The number of carbonyl (C=O) groups excluding carboxylic acids is 2. The first-order valence-corrected chi connectivity index (χ1v) is 12.5. The SMILES string of the molecule is O=C(NC1CCCCC1)[C@@H](c1ccc(Cl)cc1)N(C(=O)c1cnccn1)c1cnc2ccccc2c1. The second-order valence-electron chi connectivity index (χ2n) is 8.95. The molecule has 2 heterocycles. The molecule has 5 rings (SSSR count). The van der Waals surface area contributed by atoms with E-state index in [4.69, 9.17) is 11.6 Å². The Bertz CT molecular complexity index is 1360. The molecule has 2 amide bonds. The maximum Gasteiger partial charge on any atom is 0.279 e. The number of rotatable bonds is 6. The first kappa shape index (κ1) is 23.9. The molecule has 0 radical (unpaired) electrons. The van der Waals surface area contributed by atoms with Gasteiger partial charge in [-0.2, -0.15) is 0 Å². The first-order valence-electron chi connectivity index (χ1n) is 12.1. The number of halogens is 1. The fraction of sp³-hybridized carbons (Fsp3) is 0.250. The van der Waals surface area contributed by atoms with Crippen molar-refractivity contribution < 1.29 is 9.59 Å². The van der Waals surface area contributed by atoms with Crippen molar-refractivity contribution in [1.29, 1.82) is 0 Å². The largest absolute Gasteiger partial charge is 0.351 e. The van der Waals surface area contributed by atoms with Crippen molar-refractivity contribution in [2.45, 2.75) is 44.2 Å². The monoisotopic (exact) mass is 499 g/mol. The topological polar surface area (TPSA) is 88.1 Å². The molecule has 1 N–H and O–H groups in total. The summed E-state index contributed by atoms with van der Waals surface area (Å²) in [5.74, 6) is -0.700. The quantitative estimate of drug-likeness (QED) is 0.377. The first-order chi connectivity index (χ1) is 17.6. The van der Waals surface area contributed by atoms with Crippen LogP contribution in [0.5, 0.6) is 0 Å². The van der Waals surface area contributed by atoms with Crippen molar-refractivity contribution in [3.05, 3.63) is 95.7 Å². The van der Waals surface area contributed by atoms with E-state index in [-0.39, 0.29) is 17.6 Å². The van der Waals surface area contributed by atoms with Crippen molar-refractivity contribution in [3.8, 4) is 0 Å². The highest BCUT2D eigenvalue weighted by Crippen LogP contribution is 2.32. The van der Waals surface area contributed by atoms with Crippen molar-refractivity contribution in [2.75, 3.05) is 4.90 Å². The predicted molar refractivity (Wildman–Crippen MR) is 140 cm³/mol. The van der Waals surface area contributed by atoms with Crippen LogP contribution in [0.3, 0.4) is 0 Å². The molecular weight excluding hydrogens is 474 g/mol. The number of nitrogens with one attached hydrogen (secondary N) is 1. The van der Waals surface area contributed by atoms with Crippen LogP contribution in [0.15, 0.2) is 79.4 Å². The van der Waals surface area contributed by atoms with Gasteiger partial charge in [-0.3, -0.25) is 24.5 Å². The van der Waals surface area contributed by atoms with Gasteiger partial charge in [0.2, 0.25) is 5.91 Å². The molecule has 2 aromatic carbocycles. The lowest BCUT2D eigenvalue weighted by atomic mass is 9.94. The maximum absolute atomic E-state index is 13.9. The van der Waals surface area contributed by atoms with Crippen molar-refractivity contribution in [3.63, 3.8) is 0 Å². The Hall–Kier alpha value is -3.84. The van der Waals surface area contributed by atoms with Crippen LogP contribution in [0.25, 0.3) is 10.9 Å². The van der Waals surface area contributed by atoms with Crippen LogP contribution in [-0.4, -0.2) is 32.8 Å². The predicted octanol–water partition coefficient (Wildman–Crippen LogP) is 5.52. The van der Waals surface area contributed by atoms with E-state index in [2.05, 4.69) is 20.3 Å². The molecule has 36 heavy (non-hydrogen) atoms. The molecule has 0 bridgehead atoms. The number of hydrogen-bond acceptors (Lipinski definition) is 5. The molecule has 0 aliphatic heterocycles. The Balaban J connectivity index is 1.63. The highest BCUT2D eigenvalue weighted by Gasteiger charge is 2.35. The maximum atomic E-state index is 13.9. The zero-order valence-electron chi connectivity index (χ0n) is 19.7. The van der Waals surface area contributed by atoms with Gasteiger partial charge in [-0.25, -0.2) is 4.98 Å². The molecule has 1 aliphatic carbocycles. The third-order valence-corrected chi connectivity index (χ3v) is 6.75. The molecule has 0 unspecified atom stereocenters. The minimum absolute atomic E-state index is 0.0734. The highest BCUT2D eigenvalue weighted by molar-refractivity contribution is 6.30. The van der Waals surface area contributed by atoms with Crippen LogP contribution in [0, 0.1) is 0 Å². The van der Waals surface area contributed by atoms with Gasteiger partial charge in [-0.15, -0.1) is 0 Å². The van der Waals surface area contributed by atoms with Gasteiger partial charge in [0, 0.05) is 28.8 Å². The second kappa shape index (κ2) is 10.8. The Morgan fingerprint density at radius 2 is 1.72 bits per heavy atom. The van der Waals surface area contributed by atoms with Crippen LogP contribution < -0.4 is 10.2 Å². The van der Waals surface area contributed by atoms with E-state index in [9.17, 15) is 9.59 Å². The highest BCUT2D eigenvalue weighted by atomic mass is 35.5. The summed E-state index contributed by atoms with van der Waals surface area (Å²) in [6.45, 7) is 0. The number of amides is 2. The summed E-state index contributed by atoms with van der Waals surface area (Å²) in [4.78, 5) is 42.2. The van der Waals surface area contributed by atoms with Crippen molar-refractivity contribution >= 4 is 40.0 Å². The van der Waals surface area contributed by atoms with E-state index < -0.39 is 11.9 Å². The van der Waals surface area contributed by atoms with Gasteiger partial charge in [0.05, 0.1) is 23.6 Å². The fourth-order valence-corrected chi connectivity index (χ4v) is 4.82. The third-order valence-electron chi connectivity index (χ3n) is 6.50. The Kier molecular flexibility index (Phi) is 7.18. The molecule has 2 aromatic heterocycles. The van der Waals surface area contributed by atoms with E-state index in [1.54, 1.807) is 30.5 Å². The van der Waals surface area contributed by atoms with Gasteiger partial charge in [0.15, 0.2) is 0 Å². The summed E-state index contributed by atoms with van der Waals surface area (Å²) in [6.07, 6.45) is 11.2. The number of fused-ring (bicyclic) bond motifs is 1. The standard InChI is InChI=1S/C28H26ClN5O2/c29-21-12-10-19(11-13-21)26(27(35)33-22-7-2-1-3-8-22)34(28(36)25-18-30-14-15-31-25)23-16-20-6-4-5-9-24(20)32-17-23/h4-6,9-18,22,26H,1-3,7-8H2,(H,33,35)/t26-/m1/s1. The third kappa shape index (κ3) is 5.21. The summed E-state index contributed by atoms with van der Waals surface area (Å²) in [5, 5.41) is 4.61. The van der Waals surface area contributed by atoms with Gasteiger partial charge >= 0.3 is 0 Å². The normalized spacial score (nSPS) is 14.8. The zero-order chi connectivity index (χ0) is 24.9. The number of hydrogen-bond donors (Lipinski definition) is 1. The number of nitrogens with zero attached hydrogens (tertiary/aromatic N) is 4. The second-order valence-corrected chi connectivity index (χ2v) is 9.39. The average Bonchev–Trinajstić information content (AvgIpc) is 2.93. The molecule has 4 aromatic rings. The zero-order valence-corrected chi connectivity index (χ0v) is 20.4. The summed E-state index contributed by atoms with van der Waals surface area (Å²) < 4.78 is 0. The molecule has 1 atom stereocenters. The molecular formula is C28H26ClN5O2. The smallest absolute Gasteiger partial charge is 0.279 e. The minimum atomic E-state index is -0.957. The number of para-hydroxylation sites is 1. The van der Waals surface area contributed by atoms with E-state index in [0.29, 0.717) is 16.3 Å². The Labute approximate surface area is 214 Å². The van der Waals surface area contributed by atoms with Crippen LogP contribution in [0.1, 0.15) is 54.2 Å². The van der Waals surface area contributed by atoms with Crippen LogP contribution in [-0.2, 0) is 4.79 Å². The number of anilines is 1. The lowest BCUT2D eigenvalue weighted by Crippen LogP contribution is -2.47. The summed E-state index contributed by atoms with van der Waals surface area (Å²) in [7, 11) is 0. The number of benzene rings is 2. The molecule has 1 fully saturated rings. The Morgan fingerprint density at radius 1 is 0.944 bits per heavy atom. The lowest BCUT2D eigenvalue weighted by Gasteiger charge is -2.33. The van der Waals surface area contributed by atoms with Crippen LogP contribution >= 0.6 is 11.6 Å². The number of carbonyl (C=O) groups is 2. The van der Waals surface area contributed by atoms with Gasteiger partial charge in [-0.05, 0) is 42.7 Å². The van der Waals surface area contributed by atoms with Crippen molar-refractivity contribution in [1.82, 2.24) is 20.3 Å².